The molecule has 2 N–H and O–H groups in total. The molecule has 2 heterocycles. The number of carbonyl (C=O) groups is 2. The molecule has 0 saturated carbocycles. The maximum Gasteiger partial charge on any atom is 0.272 e. The molecule has 1 aliphatic rings. The molecule has 2 aromatic rings. The first-order valence-corrected chi connectivity index (χ1v) is 8.55. The molecule has 1 aromatic heterocycles. The van der Waals surface area contributed by atoms with Crippen LogP contribution in [0.4, 0.5) is 11.4 Å². The van der Waals surface area contributed by atoms with Gasteiger partial charge in [0, 0.05) is 43.6 Å². The molecule has 1 amide bonds. The summed E-state index contributed by atoms with van der Waals surface area (Å²) in [5.74, 6) is -0.397. The fourth-order valence-corrected chi connectivity index (χ4v) is 3.12. The minimum atomic E-state index is -0.309. The molecule has 0 spiro atoms. The third-order valence-corrected chi connectivity index (χ3v) is 4.69. The minimum Gasteiger partial charge on any atom is -0.368 e. The van der Waals surface area contributed by atoms with Crippen molar-refractivity contribution in [3.63, 3.8) is 0 Å². The summed E-state index contributed by atoms with van der Waals surface area (Å²) in [4.78, 5) is 30.9. The van der Waals surface area contributed by atoms with Crippen molar-refractivity contribution < 1.29 is 9.59 Å². The number of rotatable bonds is 4. The Balaban J connectivity index is 1.69. The largest absolute Gasteiger partial charge is 0.368 e. The number of halogens is 1. The standard InChI is InChI=1S/C18H21ClN4O2/c1-12(24)13-9-16(20-11-13)18(25)21-14-3-4-17(15(19)10-14)23-7-5-22(2)6-8-23/h3-4,9-11,20H,5-8H2,1-2H3,(H,21,25). The first-order chi connectivity index (χ1) is 11.9. The third-order valence-electron chi connectivity index (χ3n) is 4.38. The summed E-state index contributed by atoms with van der Waals surface area (Å²) in [5, 5.41) is 3.41. The normalized spacial score (nSPS) is 15.2. The van der Waals surface area contributed by atoms with Crippen LogP contribution in [0.25, 0.3) is 0 Å². The van der Waals surface area contributed by atoms with Crippen LogP contribution >= 0.6 is 11.6 Å². The van der Waals surface area contributed by atoms with E-state index < -0.39 is 0 Å². The number of H-pyrrole nitrogens is 1. The lowest BCUT2D eigenvalue weighted by Gasteiger charge is -2.34. The summed E-state index contributed by atoms with van der Waals surface area (Å²) in [5.41, 5.74) is 2.41. The van der Waals surface area contributed by atoms with Crippen molar-refractivity contribution in [2.24, 2.45) is 0 Å². The fraction of sp³-hybridized carbons (Fsp3) is 0.333. The zero-order chi connectivity index (χ0) is 18.0. The average Bonchev–Trinajstić information content (AvgIpc) is 3.06. The highest BCUT2D eigenvalue weighted by molar-refractivity contribution is 6.33. The lowest BCUT2D eigenvalue weighted by atomic mass is 10.2. The maximum atomic E-state index is 12.3. The molecular formula is C18H21ClN4O2. The van der Waals surface area contributed by atoms with Crippen molar-refractivity contribution in [2.45, 2.75) is 6.92 Å². The van der Waals surface area contributed by atoms with E-state index in [1.165, 1.54) is 19.2 Å². The molecule has 1 fully saturated rings. The Morgan fingerprint density at radius 3 is 2.48 bits per heavy atom. The Morgan fingerprint density at radius 1 is 1.16 bits per heavy atom. The summed E-state index contributed by atoms with van der Waals surface area (Å²) < 4.78 is 0. The molecule has 0 bridgehead atoms. The molecule has 0 radical (unpaired) electrons. The van der Waals surface area contributed by atoms with Gasteiger partial charge in [-0.15, -0.1) is 0 Å². The lowest BCUT2D eigenvalue weighted by Crippen LogP contribution is -2.44. The molecule has 0 unspecified atom stereocenters. The first-order valence-electron chi connectivity index (χ1n) is 8.18. The topological polar surface area (TPSA) is 68.4 Å². The van der Waals surface area contributed by atoms with Crippen LogP contribution < -0.4 is 10.2 Å². The van der Waals surface area contributed by atoms with Crippen molar-refractivity contribution in [3.8, 4) is 0 Å². The molecule has 0 atom stereocenters. The second-order valence-electron chi connectivity index (χ2n) is 6.27. The fourth-order valence-electron chi connectivity index (χ4n) is 2.82. The number of nitrogens with zero attached hydrogens (tertiary/aromatic N) is 2. The SMILES string of the molecule is CC(=O)c1c[nH]c(C(=O)Nc2ccc(N3CCN(C)CC3)c(Cl)c2)c1. The van der Waals surface area contributed by atoms with E-state index in [9.17, 15) is 9.59 Å². The van der Waals surface area contributed by atoms with Crippen LogP contribution in [0.5, 0.6) is 0 Å². The van der Waals surface area contributed by atoms with Gasteiger partial charge < -0.3 is 20.1 Å². The Hall–Kier alpha value is -2.31. The number of amides is 1. The van der Waals surface area contributed by atoms with Gasteiger partial charge in [-0.3, -0.25) is 9.59 Å². The highest BCUT2D eigenvalue weighted by Gasteiger charge is 2.17. The van der Waals surface area contributed by atoms with E-state index in [1.54, 1.807) is 6.07 Å². The highest BCUT2D eigenvalue weighted by Crippen LogP contribution is 2.29. The van der Waals surface area contributed by atoms with E-state index in [0.717, 1.165) is 31.9 Å². The van der Waals surface area contributed by atoms with Gasteiger partial charge in [0.05, 0.1) is 10.7 Å². The van der Waals surface area contributed by atoms with Crippen LogP contribution in [0.1, 0.15) is 27.8 Å². The lowest BCUT2D eigenvalue weighted by molar-refractivity contribution is 0.101. The van der Waals surface area contributed by atoms with Gasteiger partial charge in [0.1, 0.15) is 5.69 Å². The number of benzene rings is 1. The van der Waals surface area contributed by atoms with E-state index in [4.69, 9.17) is 11.6 Å². The van der Waals surface area contributed by atoms with Crippen LogP contribution in [0, 0.1) is 0 Å². The Labute approximate surface area is 151 Å². The van der Waals surface area contributed by atoms with Gasteiger partial charge in [-0.05, 0) is 38.2 Å². The second kappa shape index (κ2) is 7.29. The number of nitrogens with one attached hydrogen (secondary N) is 2. The Kier molecular flexibility index (Phi) is 5.11. The quantitative estimate of drug-likeness (QED) is 0.823. The summed E-state index contributed by atoms with van der Waals surface area (Å²) in [7, 11) is 2.11. The highest BCUT2D eigenvalue weighted by atomic mass is 35.5. The molecule has 1 aliphatic heterocycles. The predicted octanol–water partition coefficient (Wildman–Crippen LogP) is 2.87. The number of Topliss-reactive ketones (excluding diaryl/α,β-unsaturated/α-hetero) is 1. The van der Waals surface area contributed by atoms with Gasteiger partial charge in [-0.1, -0.05) is 11.6 Å². The number of piperazine rings is 1. The molecule has 1 saturated heterocycles. The minimum absolute atomic E-state index is 0.0881. The van der Waals surface area contributed by atoms with Crippen molar-refractivity contribution >= 4 is 34.7 Å². The molecule has 132 valence electrons. The van der Waals surface area contributed by atoms with Crippen LogP contribution in [0.15, 0.2) is 30.5 Å². The van der Waals surface area contributed by atoms with Crippen LogP contribution in [-0.4, -0.2) is 54.8 Å². The number of aromatic nitrogens is 1. The molecule has 6 nitrogen and oxygen atoms in total. The molecular weight excluding hydrogens is 340 g/mol. The summed E-state index contributed by atoms with van der Waals surface area (Å²) in [6.07, 6.45) is 1.53. The molecule has 25 heavy (non-hydrogen) atoms. The number of aromatic amines is 1. The first kappa shape index (κ1) is 17.5. The Bertz CT molecular complexity index is 794. The van der Waals surface area contributed by atoms with Crippen molar-refractivity contribution in [2.75, 3.05) is 43.4 Å². The number of carbonyl (C=O) groups excluding carboxylic acids is 2. The van der Waals surface area contributed by atoms with E-state index in [2.05, 4.69) is 27.1 Å². The number of anilines is 2. The van der Waals surface area contributed by atoms with Crippen molar-refractivity contribution in [1.82, 2.24) is 9.88 Å². The van der Waals surface area contributed by atoms with Crippen molar-refractivity contribution in [3.05, 3.63) is 46.7 Å². The van der Waals surface area contributed by atoms with Gasteiger partial charge in [0.2, 0.25) is 0 Å². The van der Waals surface area contributed by atoms with Gasteiger partial charge >= 0.3 is 0 Å². The van der Waals surface area contributed by atoms with Crippen molar-refractivity contribution in [1.29, 1.82) is 0 Å². The van der Waals surface area contributed by atoms with E-state index in [1.807, 2.05) is 12.1 Å². The van der Waals surface area contributed by atoms with Crippen LogP contribution in [0.2, 0.25) is 5.02 Å². The predicted molar refractivity (Wildman–Crippen MR) is 99.9 cm³/mol. The van der Waals surface area contributed by atoms with Gasteiger partial charge in [-0.2, -0.15) is 0 Å². The van der Waals surface area contributed by atoms with E-state index in [0.29, 0.717) is 22.0 Å². The Morgan fingerprint density at radius 2 is 1.88 bits per heavy atom. The summed E-state index contributed by atoms with van der Waals surface area (Å²) in [6.45, 7) is 5.32. The number of likely N-dealkylation sites (N-methyl/N-ethyl adjacent to an activating group) is 1. The smallest absolute Gasteiger partial charge is 0.272 e. The zero-order valence-electron chi connectivity index (χ0n) is 14.3. The molecule has 1 aromatic carbocycles. The van der Waals surface area contributed by atoms with Crippen LogP contribution in [-0.2, 0) is 0 Å². The van der Waals surface area contributed by atoms with Crippen LogP contribution in [0.3, 0.4) is 0 Å². The molecule has 7 heteroatoms. The zero-order valence-corrected chi connectivity index (χ0v) is 15.1. The average molecular weight is 361 g/mol. The molecule has 0 aliphatic carbocycles. The van der Waals surface area contributed by atoms with Gasteiger partial charge in [0.15, 0.2) is 5.78 Å². The number of ketones is 1. The number of hydrogen-bond donors (Lipinski definition) is 2. The summed E-state index contributed by atoms with van der Waals surface area (Å²) in [6, 6.07) is 7.06. The van der Waals surface area contributed by atoms with Gasteiger partial charge in [0.25, 0.3) is 5.91 Å². The monoisotopic (exact) mass is 360 g/mol. The van der Waals surface area contributed by atoms with E-state index in [-0.39, 0.29) is 11.7 Å². The van der Waals surface area contributed by atoms with Gasteiger partial charge in [-0.25, -0.2) is 0 Å². The summed E-state index contributed by atoms with van der Waals surface area (Å²) >= 11 is 6.42. The second-order valence-corrected chi connectivity index (χ2v) is 6.68. The number of hydrogen-bond acceptors (Lipinski definition) is 4. The molecule has 3 rings (SSSR count). The third kappa shape index (κ3) is 4.03. The van der Waals surface area contributed by atoms with E-state index >= 15 is 0 Å². The maximum absolute atomic E-state index is 12.3.